The van der Waals surface area contributed by atoms with Gasteiger partial charge in [-0.15, -0.1) is 0 Å². The Morgan fingerprint density at radius 3 is 2.40 bits per heavy atom. The fourth-order valence-corrected chi connectivity index (χ4v) is 4.01. The molecule has 0 radical (unpaired) electrons. The van der Waals surface area contributed by atoms with E-state index in [0.717, 1.165) is 5.69 Å². The quantitative estimate of drug-likeness (QED) is 0.319. The maximum absolute atomic E-state index is 13.5. The van der Waals surface area contributed by atoms with E-state index in [-0.39, 0.29) is 28.2 Å². The molecule has 10 heteroatoms. The molecule has 0 atom stereocenters. The van der Waals surface area contributed by atoms with Crippen LogP contribution in [0.1, 0.15) is 35.8 Å². The van der Waals surface area contributed by atoms with Crippen molar-refractivity contribution >= 4 is 57.3 Å². The van der Waals surface area contributed by atoms with Crippen LogP contribution < -0.4 is 21.3 Å². The molecule has 4 aromatic rings. The number of benzene rings is 2. The monoisotopic (exact) mass is 491 g/mol. The minimum Gasteiger partial charge on any atom is -0.383 e. The molecule has 2 amide bonds. The lowest BCUT2D eigenvalue weighted by Crippen LogP contribution is -2.20. The molecule has 4 N–H and O–H groups in total. The summed E-state index contributed by atoms with van der Waals surface area (Å²) in [5.41, 5.74) is 9.17. The van der Waals surface area contributed by atoms with Crippen molar-refractivity contribution in [1.29, 1.82) is 0 Å². The molecule has 180 valence electrons. The summed E-state index contributed by atoms with van der Waals surface area (Å²) >= 11 is 6.58. The van der Waals surface area contributed by atoms with Crippen LogP contribution in [0.15, 0.2) is 55.0 Å². The van der Waals surface area contributed by atoms with Crippen LogP contribution in [0.25, 0.3) is 11.0 Å². The van der Waals surface area contributed by atoms with E-state index in [4.69, 9.17) is 17.3 Å². The van der Waals surface area contributed by atoms with E-state index < -0.39 is 6.03 Å². The molecule has 35 heavy (non-hydrogen) atoms. The summed E-state index contributed by atoms with van der Waals surface area (Å²) in [6.45, 7) is 3.96. The van der Waals surface area contributed by atoms with E-state index >= 15 is 0 Å². The second-order valence-electron chi connectivity index (χ2n) is 8.52. The van der Waals surface area contributed by atoms with Crippen LogP contribution in [0, 0.1) is 0 Å². The minimum absolute atomic E-state index is 0.0484. The summed E-state index contributed by atoms with van der Waals surface area (Å²) in [4.78, 5) is 36.5. The van der Waals surface area contributed by atoms with E-state index in [0.29, 0.717) is 28.0 Å². The van der Waals surface area contributed by atoms with Crippen molar-refractivity contribution in [3.05, 3.63) is 71.1 Å². The zero-order chi connectivity index (χ0) is 25.3. The number of urea groups is 1. The van der Waals surface area contributed by atoms with Gasteiger partial charge in [0.15, 0.2) is 5.78 Å². The van der Waals surface area contributed by atoms with Gasteiger partial charge in [-0.3, -0.25) is 4.79 Å². The molecule has 0 fully saturated rings. The summed E-state index contributed by atoms with van der Waals surface area (Å²) < 4.78 is 1.87. The largest absolute Gasteiger partial charge is 0.383 e. The van der Waals surface area contributed by atoms with Crippen LogP contribution in [0.4, 0.5) is 27.7 Å². The summed E-state index contributed by atoms with van der Waals surface area (Å²) in [5.74, 6) is -0.132. The van der Waals surface area contributed by atoms with Crippen molar-refractivity contribution in [1.82, 2.24) is 14.5 Å². The Morgan fingerprint density at radius 1 is 1.03 bits per heavy atom. The van der Waals surface area contributed by atoms with Crippen molar-refractivity contribution in [3.8, 4) is 0 Å². The number of fused-ring (bicyclic) bond motifs is 1. The zero-order valence-corrected chi connectivity index (χ0v) is 20.6. The molecule has 0 saturated carbocycles. The van der Waals surface area contributed by atoms with Crippen LogP contribution in [-0.4, -0.2) is 40.4 Å². The first-order valence-corrected chi connectivity index (χ1v) is 11.3. The van der Waals surface area contributed by atoms with Gasteiger partial charge in [-0.25, -0.2) is 14.8 Å². The molecule has 0 aliphatic heterocycles. The number of ketones is 1. The number of rotatable bonds is 6. The minimum atomic E-state index is -0.483. The lowest BCUT2D eigenvalue weighted by Gasteiger charge is -2.14. The first-order chi connectivity index (χ1) is 16.7. The third-order valence-electron chi connectivity index (χ3n) is 5.57. The fourth-order valence-electron chi connectivity index (χ4n) is 3.75. The first kappa shape index (κ1) is 24.0. The van der Waals surface area contributed by atoms with Crippen molar-refractivity contribution in [2.45, 2.75) is 19.9 Å². The molecule has 0 aliphatic rings. The van der Waals surface area contributed by atoms with Crippen LogP contribution in [0.3, 0.4) is 0 Å². The summed E-state index contributed by atoms with van der Waals surface area (Å²) in [6, 6.07) is 11.8. The highest BCUT2D eigenvalue weighted by Gasteiger charge is 2.24. The normalized spacial score (nSPS) is 11.0. The molecule has 4 rings (SSSR count). The van der Waals surface area contributed by atoms with Crippen LogP contribution >= 0.6 is 11.6 Å². The predicted molar refractivity (Wildman–Crippen MR) is 141 cm³/mol. The van der Waals surface area contributed by atoms with E-state index in [9.17, 15) is 9.59 Å². The van der Waals surface area contributed by atoms with Crippen LogP contribution in [0.2, 0.25) is 5.02 Å². The standard InChI is InChI=1S/C25H26ClN7O2/c1-14(2)33-12-18(20-23(27)28-13-29-24(20)33)22(34)17-6-5-7-19(21(17)26)31-25(35)30-15-8-10-16(11-9-15)32(3)4/h5-14H,1-4H3,(H2,27,28,29)(H2,30,31,35). The van der Waals surface area contributed by atoms with Gasteiger partial charge in [0.25, 0.3) is 0 Å². The predicted octanol–water partition coefficient (Wildman–Crippen LogP) is 5.19. The Morgan fingerprint density at radius 2 is 1.74 bits per heavy atom. The fraction of sp³-hybridized carbons (Fsp3) is 0.200. The van der Waals surface area contributed by atoms with Gasteiger partial charge in [-0.1, -0.05) is 17.7 Å². The molecule has 0 aliphatic carbocycles. The van der Waals surface area contributed by atoms with E-state index in [1.165, 1.54) is 6.33 Å². The topological polar surface area (TPSA) is 118 Å². The van der Waals surface area contributed by atoms with E-state index in [1.54, 1.807) is 36.5 Å². The Bertz CT molecular complexity index is 1410. The number of hydrogen-bond acceptors (Lipinski definition) is 6. The average Bonchev–Trinajstić information content (AvgIpc) is 3.22. The van der Waals surface area contributed by atoms with Crippen LogP contribution in [0.5, 0.6) is 0 Å². The molecule has 2 aromatic carbocycles. The number of nitrogens with one attached hydrogen (secondary N) is 2. The highest BCUT2D eigenvalue weighted by molar-refractivity contribution is 6.38. The Kier molecular flexibility index (Phi) is 6.61. The van der Waals surface area contributed by atoms with Gasteiger partial charge in [0.2, 0.25) is 0 Å². The third-order valence-corrected chi connectivity index (χ3v) is 5.98. The number of amides is 2. The molecule has 9 nitrogen and oxygen atoms in total. The average molecular weight is 492 g/mol. The number of nitrogens with two attached hydrogens (primary N) is 1. The summed E-state index contributed by atoms with van der Waals surface area (Å²) in [7, 11) is 3.88. The van der Waals surface area contributed by atoms with Crippen molar-refractivity contribution < 1.29 is 9.59 Å². The number of nitrogen functional groups attached to an aromatic ring is 1. The zero-order valence-electron chi connectivity index (χ0n) is 19.8. The van der Waals surface area contributed by atoms with Gasteiger partial charge in [0.1, 0.15) is 17.8 Å². The van der Waals surface area contributed by atoms with Gasteiger partial charge >= 0.3 is 6.03 Å². The first-order valence-electron chi connectivity index (χ1n) is 11.0. The number of nitrogens with zero attached hydrogens (tertiary/aromatic N) is 4. The Balaban J connectivity index is 1.61. The third kappa shape index (κ3) is 4.76. The molecule has 0 saturated heterocycles. The smallest absolute Gasteiger partial charge is 0.323 e. The van der Waals surface area contributed by atoms with E-state index in [2.05, 4.69) is 20.6 Å². The number of anilines is 4. The van der Waals surface area contributed by atoms with Gasteiger partial charge in [0, 0.05) is 43.3 Å². The summed E-state index contributed by atoms with van der Waals surface area (Å²) in [6.07, 6.45) is 3.08. The van der Waals surface area contributed by atoms with Crippen molar-refractivity contribution in [3.63, 3.8) is 0 Å². The van der Waals surface area contributed by atoms with Crippen molar-refractivity contribution in [2.24, 2.45) is 0 Å². The van der Waals surface area contributed by atoms with Gasteiger partial charge < -0.3 is 25.8 Å². The second-order valence-corrected chi connectivity index (χ2v) is 8.90. The highest BCUT2D eigenvalue weighted by atomic mass is 35.5. The molecule has 0 spiro atoms. The number of halogens is 1. The number of carbonyl (C=O) groups is 2. The molecular weight excluding hydrogens is 466 g/mol. The molecule has 0 bridgehead atoms. The molecular formula is C25H26ClN7O2. The number of aromatic nitrogens is 3. The van der Waals surface area contributed by atoms with E-state index in [1.807, 2.05) is 49.5 Å². The summed E-state index contributed by atoms with van der Waals surface area (Å²) in [5, 5.41) is 6.07. The molecule has 2 heterocycles. The van der Waals surface area contributed by atoms with Gasteiger partial charge in [-0.05, 0) is 50.2 Å². The lowest BCUT2D eigenvalue weighted by molar-refractivity contribution is 0.104. The number of hydrogen-bond donors (Lipinski definition) is 3. The van der Waals surface area contributed by atoms with Gasteiger partial charge in [-0.2, -0.15) is 0 Å². The second kappa shape index (κ2) is 9.63. The Hall–Kier alpha value is -4.11. The van der Waals surface area contributed by atoms with Gasteiger partial charge in [0.05, 0.1) is 21.7 Å². The maximum atomic E-state index is 13.5. The Labute approximate surface area is 207 Å². The molecule has 2 aromatic heterocycles. The van der Waals surface area contributed by atoms with Crippen molar-refractivity contribution in [2.75, 3.05) is 35.4 Å². The lowest BCUT2D eigenvalue weighted by atomic mass is 10.0. The molecule has 0 unspecified atom stereocenters. The van der Waals surface area contributed by atoms with Crippen LogP contribution in [-0.2, 0) is 0 Å². The maximum Gasteiger partial charge on any atom is 0.323 e. The highest BCUT2D eigenvalue weighted by Crippen LogP contribution is 2.32. The number of carbonyl (C=O) groups excluding carboxylic acids is 2. The SMILES string of the molecule is CC(C)n1cc(C(=O)c2cccc(NC(=O)Nc3ccc(N(C)C)cc3)c2Cl)c2c(N)ncnc21.